The largest absolute Gasteiger partial charge is 0.355 e. The van der Waals surface area contributed by atoms with Crippen molar-refractivity contribution in [1.29, 1.82) is 0 Å². The lowest BCUT2D eigenvalue weighted by molar-refractivity contribution is 0.0963. The molecule has 0 aromatic heterocycles. The highest BCUT2D eigenvalue weighted by Crippen LogP contribution is 2.26. The van der Waals surface area contributed by atoms with Crippen molar-refractivity contribution in [3.8, 4) is 0 Å². The molecule has 0 aliphatic heterocycles. The molecular weight excluding hydrogens is 342 g/mol. The van der Waals surface area contributed by atoms with Gasteiger partial charge < -0.3 is 10.6 Å². The molecule has 0 fully saturated rings. The fourth-order valence-corrected chi connectivity index (χ4v) is 2.55. The van der Waals surface area contributed by atoms with Crippen molar-refractivity contribution in [2.24, 2.45) is 0 Å². The van der Waals surface area contributed by atoms with Gasteiger partial charge in [0.1, 0.15) is 5.82 Å². The summed E-state index contributed by atoms with van der Waals surface area (Å²) in [7, 11) is 1.49. The zero-order chi connectivity index (χ0) is 17.1. The summed E-state index contributed by atoms with van der Waals surface area (Å²) < 4.78 is 13.5. The summed E-state index contributed by atoms with van der Waals surface area (Å²) in [5.41, 5.74) is 1.25. The minimum Gasteiger partial charge on any atom is -0.355 e. The number of nitrogens with one attached hydrogen (secondary N) is 2. The van der Waals surface area contributed by atoms with Crippen molar-refractivity contribution >= 4 is 40.7 Å². The van der Waals surface area contributed by atoms with Crippen molar-refractivity contribution in [1.82, 2.24) is 5.32 Å². The van der Waals surface area contributed by atoms with E-state index in [0.717, 1.165) is 12.1 Å². The number of anilines is 1. The first-order valence-electron chi connectivity index (χ1n) is 6.62. The first-order valence-corrected chi connectivity index (χ1v) is 7.38. The maximum atomic E-state index is 13.5. The first-order chi connectivity index (χ1) is 10.8. The Kier molecular flexibility index (Phi) is 5.23. The Morgan fingerprint density at radius 3 is 2.43 bits per heavy atom. The zero-order valence-corrected chi connectivity index (χ0v) is 13.8. The molecule has 0 unspecified atom stereocenters. The third-order valence-corrected chi connectivity index (χ3v) is 3.83. The van der Waals surface area contributed by atoms with Gasteiger partial charge in [-0.25, -0.2) is 4.39 Å². The molecule has 0 radical (unpaired) electrons. The van der Waals surface area contributed by atoms with Gasteiger partial charge >= 0.3 is 0 Å². The summed E-state index contributed by atoms with van der Waals surface area (Å²) >= 11 is 11.5. The minimum absolute atomic E-state index is 0.0167. The highest BCUT2D eigenvalue weighted by Gasteiger charge is 2.18. The van der Waals surface area contributed by atoms with E-state index in [2.05, 4.69) is 10.6 Å². The lowest BCUT2D eigenvalue weighted by atomic mass is 10.1. The van der Waals surface area contributed by atoms with Gasteiger partial charge in [-0.2, -0.15) is 0 Å². The minimum atomic E-state index is -0.753. The van der Waals surface area contributed by atoms with Crippen LogP contribution in [0.25, 0.3) is 0 Å². The summed E-state index contributed by atoms with van der Waals surface area (Å²) in [6, 6.07) is 7.13. The Hall–Kier alpha value is -2.11. The Morgan fingerprint density at radius 2 is 1.78 bits per heavy atom. The average molecular weight is 355 g/mol. The SMILES string of the molecule is CNC(=O)c1c(C)cccc1NC(=O)c1cc(F)c(Cl)cc1Cl. The smallest absolute Gasteiger partial charge is 0.257 e. The van der Waals surface area contributed by atoms with E-state index in [9.17, 15) is 14.0 Å². The number of halogens is 3. The van der Waals surface area contributed by atoms with E-state index >= 15 is 0 Å². The van der Waals surface area contributed by atoms with Crippen molar-refractivity contribution < 1.29 is 14.0 Å². The van der Waals surface area contributed by atoms with Crippen LogP contribution in [0.4, 0.5) is 10.1 Å². The molecule has 0 spiro atoms. The molecule has 4 nitrogen and oxygen atoms in total. The Bertz CT molecular complexity index is 794. The van der Waals surface area contributed by atoms with E-state index in [1.807, 2.05) is 0 Å². The molecule has 2 amide bonds. The van der Waals surface area contributed by atoms with E-state index < -0.39 is 11.7 Å². The van der Waals surface area contributed by atoms with Crippen LogP contribution in [0, 0.1) is 12.7 Å². The maximum Gasteiger partial charge on any atom is 0.257 e. The summed E-state index contributed by atoms with van der Waals surface area (Å²) in [5.74, 6) is -1.73. The van der Waals surface area contributed by atoms with Crippen LogP contribution in [0.5, 0.6) is 0 Å². The van der Waals surface area contributed by atoms with Crippen LogP contribution in [-0.4, -0.2) is 18.9 Å². The molecule has 2 N–H and O–H groups in total. The molecule has 0 saturated heterocycles. The Morgan fingerprint density at radius 1 is 1.09 bits per heavy atom. The standard InChI is InChI=1S/C16H13Cl2FN2O2/c1-8-4-3-5-13(14(8)16(23)20-2)21-15(22)9-6-12(19)11(18)7-10(9)17/h3-7H,1-2H3,(H,20,23)(H,21,22). The van der Waals surface area contributed by atoms with Gasteiger partial charge in [-0.15, -0.1) is 0 Å². The van der Waals surface area contributed by atoms with E-state index in [0.29, 0.717) is 16.8 Å². The summed E-state index contributed by atoms with van der Waals surface area (Å²) in [5, 5.41) is 4.93. The summed E-state index contributed by atoms with van der Waals surface area (Å²) in [6.45, 7) is 1.75. The van der Waals surface area contributed by atoms with Crippen LogP contribution in [-0.2, 0) is 0 Å². The molecule has 120 valence electrons. The van der Waals surface area contributed by atoms with Gasteiger partial charge in [0.05, 0.1) is 26.9 Å². The second-order valence-corrected chi connectivity index (χ2v) is 5.59. The third-order valence-electron chi connectivity index (χ3n) is 3.23. The van der Waals surface area contributed by atoms with E-state index in [1.165, 1.54) is 7.05 Å². The second-order valence-electron chi connectivity index (χ2n) is 4.78. The van der Waals surface area contributed by atoms with E-state index in [-0.39, 0.29) is 21.5 Å². The van der Waals surface area contributed by atoms with Gasteiger partial charge in [-0.1, -0.05) is 35.3 Å². The molecule has 0 atom stereocenters. The van der Waals surface area contributed by atoms with Crippen molar-refractivity contribution in [2.75, 3.05) is 12.4 Å². The molecule has 0 bridgehead atoms. The van der Waals surface area contributed by atoms with Gasteiger partial charge in [-0.3, -0.25) is 9.59 Å². The van der Waals surface area contributed by atoms with Crippen LogP contribution in [0.3, 0.4) is 0 Å². The van der Waals surface area contributed by atoms with Gasteiger partial charge in [-0.05, 0) is 30.7 Å². The third kappa shape index (κ3) is 3.63. The Labute approximate surface area is 142 Å². The van der Waals surface area contributed by atoms with E-state index in [1.54, 1.807) is 25.1 Å². The molecule has 2 aromatic rings. The van der Waals surface area contributed by atoms with Crippen LogP contribution in [0.2, 0.25) is 10.0 Å². The number of amides is 2. The lowest BCUT2D eigenvalue weighted by Crippen LogP contribution is -2.22. The highest BCUT2D eigenvalue weighted by atomic mass is 35.5. The summed E-state index contributed by atoms with van der Waals surface area (Å²) in [6.07, 6.45) is 0. The highest BCUT2D eigenvalue weighted by molar-refractivity contribution is 6.37. The predicted molar refractivity (Wildman–Crippen MR) is 88.9 cm³/mol. The molecule has 2 rings (SSSR count). The number of hydrogen-bond acceptors (Lipinski definition) is 2. The van der Waals surface area contributed by atoms with Gasteiger partial charge in [0.15, 0.2) is 0 Å². The number of aryl methyl sites for hydroxylation is 1. The molecular formula is C16H13Cl2FN2O2. The van der Waals surface area contributed by atoms with Crippen LogP contribution in [0.15, 0.2) is 30.3 Å². The monoisotopic (exact) mass is 354 g/mol. The Balaban J connectivity index is 2.40. The topological polar surface area (TPSA) is 58.2 Å². The first kappa shape index (κ1) is 17.2. The second kappa shape index (κ2) is 6.98. The lowest BCUT2D eigenvalue weighted by Gasteiger charge is -2.13. The van der Waals surface area contributed by atoms with Crippen LogP contribution >= 0.6 is 23.2 Å². The molecule has 0 aliphatic rings. The molecule has 0 aliphatic carbocycles. The average Bonchev–Trinajstić information content (AvgIpc) is 2.50. The van der Waals surface area contributed by atoms with Crippen molar-refractivity contribution in [2.45, 2.75) is 6.92 Å². The van der Waals surface area contributed by atoms with E-state index in [4.69, 9.17) is 23.2 Å². The normalized spacial score (nSPS) is 10.3. The molecule has 0 saturated carbocycles. The van der Waals surface area contributed by atoms with Crippen LogP contribution in [0.1, 0.15) is 26.3 Å². The zero-order valence-electron chi connectivity index (χ0n) is 12.3. The fraction of sp³-hybridized carbons (Fsp3) is 0.125. The molecule has 23 heavy (non-hydrogen) atoms. The predicted octanol–water partition coefficient (Wildman–Crippen LogP) is 4.05. The van der Waals surface area contributed by atoms with Crippen molar-refractivity contribution in [3.63, 3.8) is 0 Å². The fourth-order valence-electron chi connectivity index (χ4n) is 2.08. The van der Waals surface area contributed by atoms with Crippen LogP contribution < -0.4 is 10.6 Å². The van der Waals surface area contributed by atoms with Gasteiger partial charge in [0.25, 0.3) is 11.8 Å². The number of rotatable bonds is 3. The van der Waals surface area contributed by atoms with Gasteiger partial charge in [0, 0.05) is 7.05 Å². The maximum absolute atomic E-state index is 13.5. The quantitative estimate of drug-likeness (QED) is 0.816. The number of carbonyl (C=O) groups excluding carboxylic acids is 2. The molecule has 7 heteroatoms. The summed E-state index contributed by atoms with van der Waals surface area (Å²) in [4.78, 5) is 24.3. The van der Waals surface area contributed by atoms with Gasteiger partial charge in [0.2, 0.25) is 0 Å². The number of hydrogen-bond donors (Lipinski definition) is 2. The number of carbonyl (C=O) groups is 2. The number of benzene rings is 2. The molecule has 2 aromatic carbocycles. The molecule has 0 heterocycles. The van der Waals surface area contributed by atoms with Crippen molar-refractivity contribution in [3.05, 3.63) is 62.9 Å².